The van der Waals surface area contributed by atoms with E-state index in [1.54, 1.807) is 0 Å². The molecule has 0 saturated heterocycles. The molecule has 60 valence electrons. The maximum atomic E-state index is 10.8. The topological polar surface area (TPSA) is 74.8 Å². The van der Waals surface area contributed by atoms with Crippen LogP contribution >= 0.6 is 0 Å². The van der Waals surface area contributed by atoms with E-state index in [0.717, 1.165) is 5.41 Å². The lowest BCUT2D eigenvalue weighted by atomic mass is 10.6. The van der Waals surface area contributed by atoms with Crippen LogP contribution in [0, 0.1) is 0 Å². The van der Waals surface area contributed by atoms with Crippen molar-refractivity contribution in [1.82, 2.24) is 10.2 Å². The molecule has 0 unspecified atom stereocenters. The maximum Gasteiger partial charge on any atom is 0.254 e. The zero-order chi connectivity index (χ0) is 8.32. The molecule has 1 heterocycles. The number of hydrogen-bond donors (Lipinski definition) is 2. The summed E-state index contributed by atoms with van der Waals surface area (Å²) in [6.07, 6.45) is 2.79. The third-order valence-corrected chi connectivity index (χ3v) is 1.94. The highest BCUT2D eigenvalue weighted by atomic mass is 32.2. The summed E-state index contributed by atoms with van der Waals surface area (Å²) in [4.78, 5) is 0. The smallest absolute Gasteiger partial charge is 0.254 e. The molecule has 0 aliphatic heterocycles. The minimum Gasteiger partial charge on any atom is -0.284 e. The predicted octanol–water partition coefficient (Wildman–Crippen LogP) is 0.295. The molecule has 6 heteroatoms. The van der Waals surface area contributed by atoms with Gasteiger partial charge in [-0.25, -0.2) is 8.42 Å². The Labute approximate surface area is 64.2 Å². The zero-order valence-electron chi connectivity index (χ0n) is 5.61. The number of aromatic amines is 1. The Kier molecular flexibility index (Phi) is 1.95. The second kappa shape index (κ2) is 2.75. The molecule has 0 spiro atoms. The molecule has 0 bridgehead atoms. The third-order valence-electron chi connectivity index (χ3n) is 0.978. The van der Waals surface area contributed by atoms with Crippen LogP contribution in [0.25, 0.3) is 0 Å². The van der Waals surface area contributed by atoms with E-state index >= 15 is 0 Å². The first-order chi connectivity index (χ1) is 5.14. The minimum atomic E-state index is -3.39. The van der Waals surface area contributed by atoms with Crippen molar-refractivity contribution in [1.29, 1.82) is 0 Å². The van der Waals surface area contributed by atoms with Crippen LogP contribution in [0.3, 0.4) is 0 Å². The van der Waals surface area contributed by atoms with Crippen molar-refractivity contribution >= 4 is 15.7 Å². The first-order valence-electron chi connectivity index (χ1n) is 2.78. The maximum absolute atomic E-state index is 10.8. The molecule has 2 N–H and O–H groups in total. The highest BCUT2D eigenvalue weighted by Gasteiger charge is 2.03. The SMILES string of the molecule is C=CS(=O)(=O)Nc1cn[nH]c1. The van der Waals surface area contributed by atoms with Crippen molar-refractivity contribution in [3.63, 3.8) is 0 Å². The monoisotopic (exact) mass is 173 g/mol. The summed E-state index contributed by atoms with van der Waals surface area (Å²) >= 11 is 0. The molecular formula is C5H7N3O2S. The standard InChI is InChI=1S/C5H7N3O2S/c1-2-11(9,10)8-5-3-6-7-4-5/h2-4,8H,1H2,(H,6,7). The number of anilines is 1. The van der Waals surface area contributed by atoms with Gasteiger partial charge in [-0.3, -0.25) is 9.82 Å². The summed E-state index contributed by atoms with van der Waals surface area (Å²) < 4.78 is 23.8. The average Bonchev–Trinajstić information content (AvgIpc) is 2.39. The second-order valence-corrected chi connectivity index (χ2v) is 3.43. The fraction of sp³-hybridized carbons (Fsp3) is 0. The van der Waals surface area contributed by atoms with E-state index in [9.17, 15) is 8.42 Å². The molecule has 0 aliphatic rings. The Morgan fingerprint density at radius 1 is 1.73 bits per heavy atom. The van der Waals surface area contributed by atoms with E-state index in [1.807, 2.05) is 0 Å². The molecule has 11 heavy (non-hydrogen) atoms. The van der Waals surface area contributed by atoms with E-state index in [1.165, 1.54) is 12.4 Å². The van der Waals surface area contributed by atoms with E-state index in [-0.39, 0.29) is 0 Å². The van der Waals surface area contributed by atoms with Gasteiger partial charge in [0.1, 0.15) is 0 Å². The van der Waals surface area contributed by atoms with Gasteiger partial charge in [0.15, 0.2) is 0 Å². The van der Waals surface area contributed by atoms with Crippen LogP contribution in [-0.2, 0) is 10.0 Å². The Balaban J connectivity index is 2.79. The first kappa shape index (κ1) is 7.80. The second-order valence-electron chi connectivity index (χ2n) is 1.80. The van der Waals surface area contributed by atoms with Crippen LogP contribution in [0.5, 0.6) is 0 Å². The lowest BCUT2D eigenvalue weighted by Crippen LogP contribution is -2.07. The van der Waals surface area contributed by atoms with Crippen molar-refractivity contribution in [2.24, 2.45) is 0 Å². The van der Waals surface area contributed by atoms with Crippen molar-refractivity contribution < 1.29 is 8.42 Å². The molecule has 1 rings (SSSR count). The highest BCUT2D eigenvalue weighted by molar-refractivity contribution is 7.95. The van der Waals surface area contributed by atoms with Gasteiger partial charge in [-0.1, -0.05) is 6.58 Å². The van der Waals surface area contributed by atoms with Crippen LogP contribution < -0.4 is 4.72 Å². The number of rotatable bonds is 3. The summed E-state index contributed by atoms with van der Waals surface area (Å²) in [5.41, 5.74) is 0.393. The normalized spacial score (nSPS) is 10.9. The molecule has 0 radical (unpaired) electrons. The van der Waals surface area contributed by atoms with Gasteiger partial charge in [-0.15, -0.1) is 0 Å². The fourth-order valence-corrected chi connectivity index (χ4v) is 1.04. The Bertz CT molecular complexity index is 327. The van der Waals surface area contributed by atoms with E-state index in [2.05, 4.69) is 21.5 Å². The van der Waals surface area contributed by atoms with Crippen molar-refractivity contribution in [2.75, 3.05) is 4.72 Å². The van der Waals surface area contributed by atoms with Crippen molar-refractivity contribution in [3.8, 4) is 0 Å². The summed E-state index contributed by atoms with van der Waals surface area (Å²) in [5, 5.41) is 6.85. The van der Waals surface area contributed by atoms with Crippen LogP contribution in [0.15, 0.2) is 24.4 Å². The Morgan fingerprint density at radius 2 is 2.45 bits per heavy atom. The van der Waals surface area contributed by atoms with Crippen LogP contribution in [0.1, 0.15) is 0 Å². The molecule has 5 nitrogen and oxygen atoms in total. The average molecular weight is 173 g/mol. The van der Waals surface area contributed by atoms with Crippen LogP contribution in [0.2, 0.25) is 0 Å². The number of nitrogens with zero attached hydrogens (tertiary/aromatic N) is 1. The molecule has 1 aromatic rings. The van der Waals surface area contributed by atoms with Gasteiger partial charge in [0.25, 0.3) is 10.0 Å². The van der Waals surface area contributed by atoms with Crippen molar-refractivity contribution in [2.45, 2.75) is 0 Å². The van der Waals surface area contributed by atoms with Gasteiger partial charge in [-0.2, -0.15) is 5.10 Å². The van der Waals surface area contributed by atoms with Crippen LogP contribution in [-0.4, -0.2) is 18.6 Å². The minimum absolute atomic E-state index is 0.393. The van der Waals surface area contributed by atoms with Crippen molar-refractivity contribution in [3.05, 3.63) is 24.4 Å². The number of sulfonamides is 1. The zero-order valence-corrected chi connectivity index (χ0v) is 6.43. The summed E-state index contributed by atoms with van der Waals surface area (Å²) in [7, 11) is -3.39. The van der Waals surface area contributed by atoms with Gasteiger partial charge in [0.2, 0.25) is 0 Å². The highest BCUT2D eigenvalue weighted by Crippen LogP contribution is 2.04. The summed E-state index contributed by atoms with van der Waals surface area (Å²) in [6.45, 7) is 3.13. The van der Waals surface area contributed by atoms with Gasteiger partial charge in [0.05, 0.1) is 11.9 Å². The molecule has 0 saturated carbocycles. The number of aromatic nitrogens is 2. The molecule has 0 amide bonds. The lowest BCUT2D eigenvalue weighted by molar-refractivity contribution is 0.609. The summed E-state index contributed by atoms with van der Waals surface area (Å²) in [6, 6.07) is 0. The lowest BCUT2D eigenvalue weighted by Gasteiger charge is -1.97. The number of H-pyrrole nitrogens is 1. The van der Waals surface area contributed by atoms with Crippen LogP contribution in [0.4, 0.5) is 5.69 Å². The van der Waals surface area contributed by atoms with E-state index in [0.29, 0.717) is 5.69 Å². The molecule has 1 aromatic heterocycles. The largest absolute Gasteiger partial charge is 0.284 e. The number of nitrogens with one attached hydrogen (secondary N) is 2. The fourth-order valence-electron chi connectivity index (χ4n) is 0.513. The van der Waals surface area contributed by atoms with Gasteiger partial charge >= 0.3 is 0 Å². The predicted molar refractivity (Wildman–Crippen MR) is 41.3 cm³/mol. The first-order valence-corrected chi connectivity index (χ1v) is 4.33. The van der Waals surface area contributed by atoms with E-state index < -0.39 is 10.0 Å². The molecule has 0 atom stereocenters. The summed E-state index contributed by atoms with van der Waals surface area (Å²) in [5.74, 6) is 0. The Hall–Kier alpha value is -1.30. The molecule has 0 aliphatic carbocycles. The molecule has 0 aromatic carbocycles. The number of hydrogen-bond acceptors (Lipinski definition) is 3. The quantitative estimate of drug-likeness (QED) is 0.690. The van der Waals surface area contributed by atoms with Gasteiger partial charge in [-0.05, 0) is 0 Å². The molecular weight excluding hydrogens is 166 g/mol. The Morgan fingerprint density at radius 3 is 2.91 bits per heavy atom. The van der Waals surface area contributed by atoms with E-state index in [4.69, 9.17) is 0 Å². The van der Waals surface area contributed by atoms with Gasteiger partial charge < -0.3 is 0 Å². The molecule has 0 fully saturated rings. The van der Waals surface area contributed by atoms with Gasteiger partial charge in [0, 0.05) is 11.6 Å². The third kappa shape index (κ3) is 2.08.